The van der Waals surface area contributed by atoms with Crippen molar-refractivity contribution in [3.63, 3.8) is 0 Å². The van der Waals surface area contributed by atoms with E-state index in [1.54, 1.807) is 0 Å². The predicted octanol–water partition coefficient (Wildman–Crippen LogP) is 3.39. The van der Waals surface area contributed by atoms with Gasteiger partial charge in [0.15, 0.2) is 0 Å². The summed E-state index contributed by atoms with van der Waals surface area (Å²) in [4.78, 5) is 0. The van der Waals surface area contributed by atoms with Gasteiger partial charge >= 0.3 is 0 Å². The average Bonchev–Trinajstić information content (AvgIpc) is 2.00. The van der Waals surface area contributed by atoms with E-state index in [9.17, 15) is 0 Å². The highest BCUT2D eigenvalue weighted by Gasteiger charge is 2.51. The Labute approximate surface area is 92.4 Å². The van der Waals surface area contributed by atoms with E-state index in [1.165, 1.54) is 19.3 Å². The Balaban J connectivity index is 1.94. The molecule has 4 aliphatic heterocycles. The zero-order chi connectivity index (χ0) is 8.89. The molecule has 4 bridgehead atoms. The van der Waals surface area contributed by atoms with Crippen molar-refractivity contribution in [2.24, 2.45) is 5.41 Å². The average molecular weight is 228 g/mol. The van der Waals surface area contributed by atoms with Crippen molar-refractivity contribution in [2.45, 2.75) is 39.9 Å². The molecule has 0 radical (unpaired) electrons. The van der Waals surface area contributed by atoms with Crippen LogP contribution in [0.3, 0.4) is 0 Å². The number of thioether (sulfide) groups is 3. The van der Waals surface area contributed by atoms with Crippen molar-refractivity contribution in [3.8, 4) is 11.8 Å². The molecular formula is C10H12S3. The summed E-state index contributed by atoms with van der Waals surface area (Å²) >= 11 is 6.57. The van der Waals surface area contributed by atoms with Gasteiger partial charge in [-0.05, 0) is 26.2 Å². The van der Waals surface area contributed by atoms with Crippen LogP contribution in [0.4, 0.5) is 0 Å². The van der Waals surface area contributed by atoms with E-state index in [4.69, 9.17) is 0 Å². The van der Waals surface area contributed by atoms with Crippen LogP contribution in [0.2, 0.25) is 0 Å². The molecule has 0 nitrogen and oxygen atoms in total. The van der Waals surface area contributed by atoms with Crippen molar-refractivity contribution in [1.29, 1.82) is 0 Å². The summed E-state index contributed by atoms with van der Waals surface area (Å²) in [6.07, 6.45) is 4.03. The molecule has 0 aromatic heterocycles. The number of hydrogen-bond donors (Lipinski definition) is 0. The molecule has 0 saturated carbocycles. The molecule has 4 fully saturated rings. The minimum absolute atomic E-state index is 0.427. The first-order valence-electron chi connectivity index (χ1n) is 4.70. The fourth-order valence-corrected chi connectivity index (χ4v) is 9.84. The monoisotopic (exact) mass is 228 g/mol. The van der Waals surface area contributed by atoms with Gasteiger partial charge in [-0.25, -0.2) is 0 Å². The van der Waals surface area contributed by atoms with Crippen LogP contribution in [0, 0.1) is 17.3 Å². The first kappa shape index (κ1) is 8.88. The smallest absolute Gasteiger partial charge is 0.0539 e. The lowest BCUT2D eigenvalue weighted by atomic mass is 9.79. The van der Waals surface area contributed by atoms with Crippen molar-refractivity contribution >= 4 is 35.3 Å². The minimum Gasteiger partial charge on any atom is -0.133 e. The Morgan fingerprint density at radius 1 is 1.00 bits per heavy atom. The van der Waals surface area contributed by atoms with Crippen molar-refractivity contribution in [2.75, 3.05) is 0 Å². The van der Waals surface area contributed by atoms with Gasteiger partial charge in [0.1, 0.15) is 0 Å². The Bertz CT molecular complexity index is 251. The van der Waals surface area contributed by atoms with Crippen LogP contribution in [-0.4, -0.2) is 13.7 Å². The van der Waals surface area contributed by atoms with Crippen molar-refractivity contribution < 1.29 is 0 Å². The molecule has 0 amide bonds. The first-order valence-corrected chi connectivity index (χ1v) is 7.53. The fourth-order valence-electron chi connectivity index (χ4n) is 2.52. The van der Waals surface area contributed by atoms with Crippen LogP contribution in [0.1, 0.15) is 26.2 Å². The highest BCUT2D eigenvalue weighted by Crippen LogP contribution is 2.66. The van der Waals surface area contributed by atoms with Crippen LogP contribution in [0.15, 0.2) is 0 Å². The summed E-state index contributed by atoms with van der Waals surface area (Å²) in [5.41, 5.74) is 0.427. The molecule has 4 rings (SSSR count). The second-order valence-corrected chi connectivity index (χ2v) is 9.09. The van der Waals surface area contributed by atoms with Crippen LogP contribution in [-0.2, 0) is 0 Å². The molecule has 0 spiro atoms. The van der Waals surface area contributed by atoms with E-state index in [0.717, 1.165) is 13.7 Å². The van der Waals surface area contributed by atoms with Crippen LogP contribution < -0.4 is 0 Å². The summed E-state index contributed by atoms with van der Waals surface area (Å²) in [7, 11) is 0. The predicted molar refractivity (Wildman–Crippen MR) is 63.9 cm³/mol. The van der Waals surface area contributed by atoms with Gasteiger partial charge in [0, 0.05) is 5.41 Å². The normalized spacial score (nSPS) is 51.6. The number of rotatable bonds is 0. The molecule has 4 heterocycles. The lowest BCUT2D eigenvalue weighted by Crippen LogP contribution is -2.43. The Morgan fingerprint density at radius 3 is 1.85 bits per heavy atom. The van der Waals surface area contributed by atoms with Crippen molar-refractivity contribution in [3.05, 3.63) is 0 Å². The maximum Gasteiger partial charge on any atom is 0.0539 e. The van der Waals surface area contributed by atoms with Gasteiger partial charge in [0.25, 0.3) is 0 Å². The second-order valence-electron chi connectivity index (χ2n) is 3.96. The summed E-state index contributed by atoms with van der Waals surface area (Å²) < 4.78 is 2.58. The SMILES string of the molecule is CC#CC12CC3SC(C1)SC(C2)S3. The van der Waals surface area contributed by atoms with Gasteiger partial charge in [0.05, 0.1) is 13.7 Å². The zero-order valence-electron chi connectivity index (χ0n) is 7.58. The highest BCUT2D eigenvalue weighted by atomic mass is 32.3. The van der Waals surface area contributed by atoms with Gasteiger partial charge < -0.3 is 0 Å². The zero-order valence-corrected chi connectivity index (χ0v) is 10.0. The van der Waals surface area contributed by atoms with E-state index >= 15 is 0 Å². The minimum atomic E-state index is 0.427. The summed E-state index contributed by atoms with van der Waals surface area (Å²) in [6, 6.07) is 0. The Morgan fingerprint density at radius 2 is 1.46 bits per heavy atom. The molecule has 70 valence electrons. The van der Waals surface area contributed by atoms with Crippen LogP contribution in [0.25, 0.3) is 0 Å². The van der Waals surface area contributed by atoms with Crippen LogP contribution in [0.5, 0.6) is 0 Å². The van der Waals surface area contributed by atoms with Gasteiger partial charge in [-0.15, -0.1) is 41.2 Å². The van der Waals surface area contributed by atoms with E-state index in [-0.39, 0.29) is 0 Å². The highest BCUT2D eigenvalue weighted by molar-refractivity contribution is 8.33. The molecule has 0 unspecified atom stereocenters. The van der Waals surface area contributed by atoms with Gasteiger partial charge in [-0.1, -0.05) is 5.92 Å². The molecule has 3 heteroatoms. The molecule has 0 aromatic rings. The van der Waals surface area contributed by atoms with Crippen LogP contribution >= 0.6 is 35.3 Å². The third-order valence-corrected chi connectivity index (χ3v) is 7.79. The quantitative estimate of drug-likeness (QED) is 0.583. The number of hydrogen-bond acceptors (Lipinski definition) is 3. The third kappa shape index (κ3) is 1.42. The summed E-state index contributed by atoms with van der Waals surface area (Å²) in [6.45, 7) is 1.99. The molecule has 0 atom stereocenters. The van der Waals surface area contributed by atoms with Crippen molar-refractivity contribution in [1.82, 2.24) is 0 Å². The molecule has 0 N–H and O–H groups in total. The molecule has 4 aliphatic rings. The van der Waals surface area contributed by atoms with Gasteiger partial charge in [-0.3, -0.25) is 0 Å². The van der Waals surface area contributed by atoms with Gasteiger partial charge in [-0.2, -0.15) is 0 Å². The lowest BCUT2D eigenvalue weighted by molar-refractivity contribution is 0.322. The maximum absolute atomic E-state index is 3.50. The molecule has 0 aliphatic carbocycles. The third-order valence-electron chi connectivity index (χ3n) is 2.97. The lowest BCUT2D eigenvalue weighted by Gasteiger charge is -2.53. The molecular weight excluding hydrogens is 216 g/mol. The Kier molecular flexibility index (Phi) is 2.08. The topological polar surface area (TPSA) is 0 Å². The first-order chi connectivity index (χ1) is 6.30. The van der Waals surface area contributed by atoms with E-state index < -0.39 is 0 Å². The largest absolute Gasteiger partial charge is 0.133 e. The maximum atomic E-state index is 3.50. The van der Waals surface area contributed by atoms with E-state index in [2.05, 4.69) is 47.1 Å². The molecule has 0 aromatic carbocycles. The Hall–Kier alpha value is 0.610. The fraction of sp³-hybridized carbons (Fsp3) is 0.800. The van der Waals surface area contributed by atoms with E-state index in [1.807, 2.05) is 6.92 Å². The second kappa shape index (κ2) is 3.05. The summed E-state index contributed by atoms with van der Waals surface area (Å²) in [5.74, 6) is 6.65. The van der Waals surface area contributed by atoms with Gasteiger partial charge in [0.2, 0.25) is 0 Å². The molecule has 13 heavy (non-hydrogen) atoms. The van der Waals surface area contributed by atoms with E-state index in [0.29, 0.717) is 5.41 Å². The summed E-state index contributed by atoms with van der Waals surface area (Å²) in [5, 5.41) is 0. The molecule has 4 saturated heterocycles. The standard InChI is InChI=1S/C10H12S3/c1-2-3-10-4-7-11-8(5-10)13-9(6-10)12-7/h7-9H,4-6H2,1H3.